The highest BCUT2D eigenvalue weighted by molar-refractivity contribution is 5.83. The van der Waals surface area contributed by atoms with E-state index in [2.05, 4.69) is 19.1 Å². The molecule has 23 heavy (non-hydrogen) atoms. The Kier molecular flexibility index (Phi) is 4.75. The average molecular weight is 311 g/mol. The third-order valence-electron chi connectivity index (χ3n) is 4.43. The van der Waals surface area contributed by atoms with Crippen LogP contribution >= 0.6 is 0 Å². The minimum atomic E-state index is -0.228. The van der Waals surface area contributed by atoms with Crippen LogP contribution in [0.1, 0.15) is 36.8 Å². The molecule has 0 aromatic heterocycles. The fourth-order valence-electron chi connectivity index (χ4n) is 3.12. The summed E-state index contributed by atoms with van der Waals surface area (Å²) in [5.41, 5.74) is 2.23. The van der Waals surface area contributed by atoms with E-state index in [4.69, 9.17) is 0 Å². The van der Waals surface area contributed by atoms with Crippen LogP contribution in [0.2, 0.25) is 0 Å². The minimum absolute atomic E-state index is 0.0516. The van der Waals surface area contributed by atoms with Gasteiger partial charge in [-0.2, -0.15) is 0 Å². The largest absolute Gasteiger partial charge is 0.338 e. The molecule has 0 radical (unpaired) electrons. The first-order valence-electron chi connectivity index (χ1n) is 8.27. The van der Waals surface area contributed by atoms with Crippen molar-refractivity contribution < 1.29 is 9.18 Å². The Hall–Kier alpha value is -2.16. The van der Waals surface area contributed by atoms with Crippen LogP contribution in [-0.4, -0.2) is 17.4 Å². The first kappa shape index (κ1) is 15.7. The van der Waals surface area contributed by atoms with Gasteiger partial charge in [-0.3, -0.25) is 4.79 Å². The van der Waals surface area contributed by atoms with Gasteiger partial charge in [-0.05, 0) is 42.0 Å². The lowest BCUT2D eigenvalue weighted by molar-refractivity contribution is -0.133. The van der Waals surface area contributed by atoms with Gasteiger partial charge in [0.15, 0.2) is 0 Å². The van der Waals surface area contributed by atoms with Crippen molar-refractivity contribution in [1.29, 1.82) is 0 Å². The number of benzene rings is 2. The summed E-state index contributed by atoms with van der Waals surface area (Å²) in [5, 5.41) is 0. The molecule has 0 spiro atoms. The van der Waals surface area contributed by atoms with Crippen LogP contribution < -0.4 is 0 Å². The maximum absolute atomic E-state index is 13.0. The molecule has 2 nitrogen and oxygen atoms in total. The second-order valence-corrected chi connectivity index (χ2v) is 6.25. The van der Waals surface area contributed by atoms with Gasteiger partial charge in [-0.15, -0.1) is 0 Å². The minimum Gasteiger partial charge on any atom is -0.338 e. The van der Waals surface area contributed by atoms with Crippen molar-refractivity contribution in [3.63, 3.8) is 0 Å². The van der Waals surface area contributed by atoms with E-state index in [1.807, 2.05) is 23.1 Å². The molecule has 2 aromatic carbocycles. The predicted molar refractivity (Wildman–Crippen MR) is 89.4 cm³/mol. The van der Waals surface area contributed by atoms with E-state index < -0.39 is 0 Å². The third-order valence-corrected chi connectivity index (χ3v) is 4.43. The first-order chi connectivity index (χ1) is 11.2. The number of amides is 1. The van der Waals surface area contributed by atoms with Crippen molar-refractivity contribution in [2.45, 2.75) is 32.2 Å². The van der Waals surface area contributed by atoms with Crippen LogP contribution in [0.4, 0.5) is 4.39 Å². The Morgan fingerprint density at radius 1 is 1.13 bits per heavy atom. The van der Waals surface area contributed by atoms with Gasteiger partial charge in [0.05, 0.1) is 0 Å². The standard InChI is InChI=1S/C20H22FNO/c1-2-12-22(14-15-6-4-3-5-7-15)20(23)19-13-18(19)16-8-10-17(21)11-9-16/h3-11,18-19H,2,12-14H2,1H3. The van der Waals surface area contributed by atoms with E-state index in [0.29, 0.717) is 6.54 Å². The van der Waals surface area contributed by atoms with E-state index in [0.717, 1.165) is 30.5 Å². The van der Waals surface area contributed by atoms with Crippen LogP contribution in [-0.2, 0) is 11.3 Å². The SMILES string of the molecule is CCCN(Cc1ccccc1)C(=O)C1CC1c1ccc(F)cc1. The lowest BCUT2D eigenvalue weighted by atomic mass is 10.1. The van der Waals surface area contributed by atoms with Crippen molar-refractivity contribution in [2.75, 3.05) is 6.54 Å². The normalized spacial score (nSPS) is 19.4. The van der Waals surface area contributed by atoms with E-state index in [1.54, 1.807) is 12.1 Å². The molecule has 1 amide bonds. The lowest BCUT2D eigenvalue weighted by Crippen LogP contribution is -2.32. The summed E-state index contributed by atoms with van der Waals surface area (Å²) in [6.45, 7) is 3.54. The predicted octanol–water partition coefficient (Wildman–Crippen LogP) is 4.37. The van der Waals surface area contributed by atoms with Crippen LogP contribution in [0.15, 0.2) is 54.6 Å². The highest BCUT2D eigenvalue weighted by Crippen LogP contribution is 2.48. The summed E-state index contributed by atoms with van der Waals surface area (Å²) in [6.07, 6.45) is 1.83. The topological polar surface area (TPSA) is 20.3 Å². The molecular formula is C20H22FNO. The van der Waals surface area contributed by atoms with Crippen LogP contribution in [0.25, 0.3) is 0 Å². The fraction of sp³-hybridized carbons (Fsp3) is 0.350. The molecule has 2 atom stereocenters. The third kappa shape index (κ3) is 3.79. The molecule has 0 saturated heterocycles. The number of hydrogen-bond donors (Lipinski definition) is 0. The molecule has 1 saturated carbocycles. The molecule has 2 unspecified atom stereocenters. The highest BCUT2D eigenvalue weighted by Gasteiger charge is 2.45. The Balaban J connectivity index is 1.66. The second kappa shape index (κ2) is 6.95. The Morgan fingerprint density at radius 3 is 2.48 bits per heavy atom. The molecule has 0 heterocycles. The van der Waals surface area contributed by atoms with Crippen LogP contribution in [0.5, 0.6) is 0 Å². The van der Waals surface area contributed by atoms with Gasteiger partial charge in [-0.25, -0.2) is 4.39 Å². The van der Waals surface area contributed by atoms with Crippen molar-refractivity contribution in [1.82, 2.24) is 4.90 Å². The number of rotatable bonds is 6. The number of halogens is 1. The van der Waals surface area contributed by atoms with E-state index in [-0.39, 0.29) is 23.6 Å². The maximum Gasteiger partial charge on any atom is 0.226 e. The summed E-state index contributed by atoms with van der Waals surface area (Å²) < 4.78 is 13.0. The van der Waals surface area contributed by atoms with Gasteiger partial charge in [0.1, 0.15) is 5.82 Å². The van der Waals surface area contributed by atoms with Crippen LogP contribution in [0, 0.1) is 11.7 Å². The smallest absolute Gasteiger partial charge is 0.226 e. The molecule has 1 aliphatic rings. The summed E-state index contributed by atoms with van der Waals surface area (Å²) >= 11 is 0. The van der Waals surface area contributed by atoms with Gasteiger partial charge >= 0.3 is 0 Å². The maximum atomic E-state index is 13.0. The monoisotopic (exact) mass is 311 g/mol. The van der Waals surface area contributed by atoms with Crippen molar-refractivity contribution in [2.24, 2.45) is 5.92 Å². The van der Waals surface area contributed by atoms with Gasteiger partial charge in [0, 0.05) is 19.0 Å². The molecule has 2 aromatic rings. The summed E-state index contributed by atoms with van der Waals surface area (Å²) in [5.74, 6) is 0.299. The zero-order valence-corrected chi connectivity index (χ0v) is 13.4. The second-order valence-electron chi connectivity index (χ2n) is 6.25. The molecule has 0 N–H and O–H groups in total. The molecule has 3 rings (SSSR count). The highest BCUT2D eigenvalue weighted by atomic mass is 19.1. The molecule has 0 bridgehead atoms. The molecule has 1 aliphatic carbocycles. The van der Waals surface area contributed by atoms with Gasteiger partial charge in [0.25, 0.3) is 0 Å². The number of nitrogens with zero attached hydrogens (tertiary/aromatic N) is 1. The molecule has 1 fully saturated rings. The van der Waals surface area contributed by atoms with E-state index in [9.17, 15) is 9.18 Å². The summed E-state index contributed by atoms with van der Waals surface area (Å²) in [6, 6.07) is 16.7. The summed E-state index contributed by atoms with van der Waals surface area (Å²) in [4.78, 5) is 14.8. The van der Waals surface area contributed by atoms with Crippen molar-refractivity contribution in [3.05, 3.63) is 71.5 Å². The fourth-order valence-corrected chi connectivity index (χ4v) is 3.12. The number of carbonyl (C=O) groups is 1. The molecule has 0 aliphatic heterocycles. The first-order valence-corrected chi connectivity index (χ1v) is 8.27. The quantitative estimate of drug-likeness (QED) is 0.776. The zero-order valence-electron chi connectivity index (χ0n) is 13.4. The average Bonchev–Trinajstić information content (AvgIpc) is 3.36. The van der Waals surface area contributed by atoms with Gasteiger partial charge < -0.3 is 4.90 Å². The van der Waals surface area contributed by atoms with Gasteiger partial charge in [0.2, 0.25) is 5.91 Å². The number of carbonyl (C=O) groups excluding carboxylic acids is 1. The molecule has 3 heteroatoms. The van der Waals surface area contributed by atoms with Crippen molar-refractivity contribution in [3.8, 4) is 0 Å². The van der Waals surface area contributed by atoms with Gasteiger partial charge in [-0.1, -0.05) is 49.4 Å². The van der Waals surface area contributed by atoms with Crippen molar-refractivity contribution >= 4 is 5.91 Å². The summed E-state index contributed by atoms with van der Waals surface area (Å²) in [7, 11) is 0. The molecular weight excluding hydrogens is 289 g/mol. The van der Waals surface area contributed by atoms with Crippen LogP contribution in [0.3, 0.4) is 0 Å². The Morgan fingerprint density at radius 2 is 1.83 bits per heavy atom. The zero-order chi connectivity index (χ0) is 16.2. The molecule has 120 valence electrons. The lowest BCUT2D eigenvalue weighted by Gasteiger charge is -2.22. The Labute approximate surface area is 136 Å². The van der Waals surface area contributed by atoms with E-state index in [1.165, 1.54) is 12.1 Å². The van der Waals surface area contributed by atoms with E-state index >= 15 is 0 Å². The Bertz CT molecular complexity index is 653. The number of hydrogen-bond acceptors (Lipinski definition) is 1.